The van der Waals surface area contributed by atoms with Crippen LogP contribution in [-0.4, -0.2) is 23.2 Å². The smallest absolute Gasteiger partial charge is 0.270 e. The van der Waals surface area contributed by atoms with Crippen LogP contribution in [0.2, 0.25) is 5.02 Å². The second-order valence-electron chi connectivity index (χ2n) is 5.40. The first-order valence-corrected chi connectivity index (χ1v) is 7.88. The van der Waals surface area contributed by atoms with E-state index in [4.69, 9.17) is 11.6 Å². The zero-order chi connectivity index (χ0) is 16.2. The molecule has 1 saturated heterocycles. The molecule has 0 unspecified atom stereocenters. The van der Waals surface area contributed by atoms with Crippen LogP contribution in [0.15, 0.2) is 40.8 Å². The Labute approximate surface area is 139 Å². The van der Waals surface area contributed by atoms with Crippen LogP contribution < -0.4 is 10.7 Å². The lowest BCUT2D eigenvalue weighted by atomic mass is 10.2. The van der Waals surface area contributed by atoms with Gasteiger partial charge in [-0.2, -0.15) is 10.4 Å². The van der Waals surface area contributed by atoms with Crippen LogP contribution in [0.1, 0.15) is 25.7 Å². The van der Waals surface area contributed by atoms with Crippen LogP contribution in [0, 0.1) is 11.3 Å². The maximum absolute atomic E-state index is 12.4. The predicted octanol–water partition coefficient (Wildman–Crippen LogP) is 2.81. The highest BCUT2D eigenvalue weighted by Gasteiger charge is 2.29. The minimum atomic E-state index is -0.460. The van der Waals surface area contributed by atoms with Gasteiger partial charge in [0.25, 0.3) is 5.91 Å². The van der Waals surface area contributed by atoms with Crippen molar-refractivity contribution in [1.82, 2.24) is 10.3 Å². The van der Waals surface area contributed by atoms with E-state index in [-0.39, 0.29) is 5.57 Å². The summed E-state index contributed by atoms with van der Waals surface area (Å²) >= 11 is 5.83. The van der Waals surface area contributed by atoms with Crippen molar-refractivity contribution in [2.24, 2.45) is 5.10 Å². The average molecular weight is 330 g/mol. The maximum atomic E-state index is 12.4. The second-order valence-corrected chi connectivity index (χ2v) is 5.83. The number of nitrogens with one attached hydrogen (secondary N) is 2. The monoisotopic (exact) mass is 329 g/mol. The third kappa shape index (κ3) is 3.30. The van der Waals surface area contributed by atoms with Crippen LogP contribution in [0.3, 0.4) is 0 Å². The largest absolute Gasteiger partial charge is 0.321 e. The molecule has 6 nitrogen and oxygen atoms in total. The van der Waals surface area contributed by atoms with Gasteiger partial charge in [0.2, 0.25) is 0 Å². The van der Waals surface area contributed by atoms with Crippen LogP contribution in [0.25, 0.3) is 0 Å². The Bertz CT molecular complexity index is 717. The van der Waals surface area contributed by atoms with E-state index in [9.17, 15) is 10.1 Å². The molecule has 0 spiro atoms. The van der Waals surface area contributed by atoms with Gasteiger partial charge < -0.3 is 10.2 Å². The fourth-order valence-electron chi connectivity index (χ4n) is 2.66. The van der Waals surface area contributed by atoms with E-state index in [0.717, 1.165) is 38.1 Å². The number of fused-ring (bicyclic) bond motifs is 1. The third-order valence-corrected chi connectivity index (χ3v) is 4.08. The standard InChI is InChI=1S/C16H16ClN5O/c17-11-5-7-12(8-6-11)19-16(23)13(10-18)15-21-20-14-4-2-1-3-9-22(14)15/h5-8,21H,1-4,9H2,(H,19,23). The molecule has 2 aliphatic rings. The summed E-state index contributed by atoms with van der Waals surface area (Å²) in [6.07, 6.45) is 4.07. The lowest BCUT2D eigenvalue weighted by molar-refractivity contribution is -0.112. The number of amidine groups is 1. The van der Waals surface area contributed by atoms with E-state index >= 15 is 0 Å². The van der Waals surface area contributed by atoms with Gasteiger partial charge in [-0.25, -0.2) is 0 Å². The fourth-order valence-corrected chi connectivity index (χ4v) is 2.78. The van der Waals surface area contributed by atoms with Crippen molar-refractivity contribution >= 4 is 29.0 Å². The number of carbonyl (C=O) groups is 1. The molecular weight excluding hydrogens is 314 g/mol. The molecule has 0 radical (unpaired) electrons. The minimum Gasteiger partial charge on any atom is -0.321 e. The first kappa shape index (κ1) is 15.4. The van der Waals surface area contributed by atoms with Gasteiger partial charge in [-0.15, -0.1) is 0 Å². The molecule has 7 heteroatoms. The van der Waals surface area contributed by atoms with Crippen molar-refractivity contribution in [3.8, 4) is 6.07 Å². The van der Waals surface area contributed by atoms with Crippen LogP contribution in [0.4, 0.5) is 5.69 Å². The minimum absolute atomic E-state index is 0.0283. The molecule has 1 aromatic carbocycles. The van der Waals surface area contributed by atoms with Crippen molar-refractivity contribution in [2.75, 3.05) is 11.9 Å². The highest BCUT2D eigenvalue weighted by Crippen LogP contribution is 2.23. The van der Waals surface area contributed by atoms with Gasteiger partial charge in [0.15, 0.2) is 11.4 Å². The number of hydrazone groups is 1. The van der Waals surface area contributed by atoms with Crippen molar-refractivity contribution in [3.05, 3.63) is 40.7 Å². The second kappa shape index (κ2) is 6.71. The van der Waals surface area contributed by atoms with Crippen molar-refractivity contribution in [3.63, 3.8) is 0 Å². The lowest BCUT2D eigenvalue weighted by Gasteiger charge is -2.19. The SMILES string of the molecule is N#CC(C(=O)Nc1ccc(Cl)cc1)=C1NN=C2CCCCCN21. The molecule has 0 saturated carbocycles. The molecule has 118 valence electrons. The lowest BCUT2D eigenvalue weighted by Crippen LogP contribution is -2.31. The molecule has 2 heterocycles. The summed E-state index contributed by atoms with van der Waals surface area (Å²) in [5.41, 5.74) is 3.46. The number of hydrogen-bond acceptors (Lipinski definition) is 5. The number of hydrogen-bond donors (Lipinski definition) is 2. The predicted molar refractivity (Wildman–Crippen MR) is 88.5 cm³/mol. The summed E-state index contributed by atoms with van der Waals surface area (Å²) in [5, 5.41) is 17.0. The molecule has 2 aliphatic heterocycles. The molecule has 1 fully saturated rings. The van der Waals surface area contributed by atoms with Gasteiger partial charge >= 0.3 is 0 Å². The molecule has 3 rings (SSSR count). The molecule has 2 N–H and O–H groups in total. The highest BCUT2D eigenvalue weighted by molar-refractivity contribution is 6.30. The molecule has 23 heavy (non-hydrogen) atoms. The van der Waals surface area contributed by atoms with Gasteiger partial charge in [0.05, 0.1) is 0 Å². The number of rotatable bonds is 2. The van der Waals surface area contributed by atoms with Gasteiger partial charge in [0.1, 0.15) is 11.9 Å². The molecule has 1 aromatic rings. The molecule has 0 aromatic heterocycles. The first-order valence-electron chi connectivity index (χ1n) is 7.50. The van der Waals surface area contributed by atoms with Gasteiger partial charge in [-0.05, 0) is 37.1 Å². The van der Waals surface area contributed by atoms with E-state index in [0.29, 0.717) is 16.5 Å². The van der Waals surface area contributed by atoms with E-state index in [1.165, 1.54) is 0 Å². The Balaban J connectivity index is 1.82. The summed E-state index contributed by atoms with van der Waals surface area (Å²) in [6.45, 7) is 0.764. The van der Waals surface area contributed by atoms with Crippen molar-refractivity contribution in [2.45, 2.75) is 25.7 Å². The topological polar surface area (TPSA) is 80.5 Å². The third-order valence-electron chi connectivity index (χ3n) is 3.83. The van der Waals surface area contributed by atoms with Gasteiger partial charge in [-0.3, -0.25) is 10.2 Å². The number of nitrogens with zero attached hydrogens (tertiary/aromatic N) is 3. The number of amides is 1. The van der Waals surface area contributed by atoms with Crippen LogP contribution in [-0.2, 0) is 4.79 Å². The highest BCUT2D eigenvalue weighted by atomic mass is 35.5. The van der Waals surface area contributed by atoms with Crippen molar-refractivity contribution < 1.29 is 4.79 Å². The molecule has 0 bridgehead atoms. The summed E-state index contributed by atoms with van der Waals surface area (Å²) in [6, 6.07) is 8.73. The molecule has 1 amide bonds. The Morgan fingerprint density at radius 1 is 1.30 bits per heavy atom. The Morgan fingerprint density at radius 2 is 2.09 bits per heavy atom. The zero-order valence-electron chi connectivity index (χ0n) is 12.5. The average Bonchev–Trinajstić information content (AvgIpc) is 2.79. The number of halogens is 1. The zero-order valence-corrected chi connectivity index (χ0v) is 13.2. The van der Waals surface area contributed by atoms with E-state index in [1.807, 2.05) is 11.0 Å². The summed E-state index contributed by atoms with van der Waals surface area (Å²) in [7, 11) is 0. The molecular formula is C16H16ClN5O. The van der Waals surface area contributed by atoms with E-state index in [2.05, 4.69) is 15.8 Å². The summed E-state index contributed by atoms with van der Waals surface area (Å²) < 4.78 is 0. The quantitative estimate of drug-likeness (QED) is 0.646. The van der Waals surface area contributed by atoms with E-state index < -0.39 is 5.91 Å². The maximum Gasteiger partial charge on any atom is 0.270 e. The Morgan fingerprint density at radius 3 is 2.83 bits per heavy atom. The van der Waals surface area contributed by atoms with E-state index in [1.54, 1.807) is 24.3 Å². The number of benzene rings is 1. The van der Waals surface area contributed by atoms with Gasteiger partial charge in [0, 0.05) is 23.7 Å². The molecule has 0 atom stereocenters. The Hall–Kier alpha value is -2.52. The van der Waals surface area contributed by atoms with Crippen molar-refractivity contribution in [1.29, 1.82) is 5.26 Å². The number of anilines is 1. The first-order chi connectivity index (χ1) is 11.2. The number of carbonyl (C=O) groups excluding carboxylic acids is 1. The summed E-state index contributed by atoms with van der Waals surface area (Å²) in [4.78, 5) is 14.4. The Kier molecular flexibility index (Phi) is 4.49. The summed E-state index contributed by atoms with van der Waals surface area (Å²) in [5.74, 6) is 0.901. The number of nitriles is 1. The van der Waals surface area contributed by atoms with Crippen LogP contribution in [0.5, 0.6) is 0 Å². The fraction of sp³-hybridized carbons (Fsp3) is 0.312. The molecule has 0 aliphatic carbocycles. The van der Waals surface area contributed by atoms with Crippen LogP contribution >= 0.6 is 11.6 Å². The van der Waals surface area contributed by atoms with Gasteiger partial charge in [-0.1, -0.05) is 18.0 Å². The normalized spacial score (nSPS) is 19.0.